The van der Waals surface area contributed by atoms with Gasteiger partial charge in [0.1, 0.15) is 0 Å². The lowest BCUT2D eigenvalue weighted by Crippen LogP contribution is -2.29. The first-order valence-corrected chi connectivity index (χ1v) is 4.91. The number of thioether (sulfide) groups is 1. The van der Waals surface area contributed by atoms with Gasteiger partial charge in [0.25, 0.3) is 0 Å². The molecule has 0 atom stereocenters. The van der Waals surface area contributed by atoms with Crippen LogP contribution in [0.4, 0.5) is 0 Å². The second kappa shape index (κ2) is 4.99. The average molecular weight is 161 g/mol. The molecule has 0 radical (unpaired) electrons. The summed E-state index contributed by atoms with van der Waals surface area (Å²) in [5.41, 5.74) is 0. The van der Waals surface area contributed by atoms with E-state index in [4.69, 9.17) is 5.11 Å². The largest absolute Gasteiger partial charge is 0.396 e. The van der Waals surface area contributed by atoms with Gasteiger partial charge in [-0.25, -0.2) is 0 Å². The van der Waals surface area contributed by atoms with E-state index < -0.39 is 0 Å². The fraction of sp³-hybridized carbons (Fsp3) is 1.00. The molecule has 3 heteroatoms. The molecule has 10 heavy (non-hydrogen) atoms. The number of hydrogen-bond donors (Lipinski definition) is 2. The van der Waals surface area contributed by atoms with E-state index in [1.165, 1.54) is 12.8 Å². The molecule has 0 aliphatic carbocycles. The summed E-state index contributed by atoms with van der Waals surface area (Å²) in [4.78, 5) is 0. The molecule has 0 amide bonds. The van der Waals surface area contributed by atoms with Crippen molar-refractivity contribution in [2.24, 2.45) is 0 Å². The molecule has 0 bridgehead atoms. The van der Waals surface area contributed by atoms with Crippen LogP contribution in [0.15, 0.2) is 0 Å². The van der Waals surface area contributed by atoms with Crippen LogP contribution >= 0.6 is 11.8 Å². The highest BCUT2D eigenvalue weighted by Gasteiger charge is 2.11. The molecule has 60 valence electrons. The van der Waals surface area contributed by atoms with Crippen LogP contribution in [0.25, 0.3) is 0 Å². The van der Waals surface area contributed by atoms with Crippen LogP contribution < -0.4 is 5.32 Å². The van der Waals surface area contributed by atoms with Crippen LogP contribution in [-0.2, 0) is 0 Å². The smallest absolute Gasteiger partial charge is 0.0521 e. The summed E-state index contributed by atoms with van der Waals surface area (Å²) in [6, 6.07) is 0. The Balaban J connectivity index is 2.02. The summed E-state index contributed by atoms with van der Waals surface area (Å²) >= 11 is 1.91. The van der Waals surface area contributed by atoms with E-state index in [9.17, 15) is 0 Å². The maximum Gasteiger partial charge on any atom is 0.0521 e. The predicted octanol–water partition coefficient (Wildman–Crippen LogP) is 0.464. The maximum atomic E-state index is 8.56. The molecule has 0 aromatic heterocycles. The van der Waals surface area contributed by atoms with Crippen molar-refractivity contribution in [3.8, 4) is 0 Å². The Labute approximate surface area is 66.4 Å². The molecule has 1 heterocycles. The van der Waals surface area contributed by atoms with Crippen molar-refractivity contribution in [2.45, 2.75) is 18.1 Å². The van der Waals surface area contributed by atoms with Crippen LogP contribution in [0.5, 0.6) is 0 Å². The standard InChI is InChI=1S/C7H15NOS/c9-5-6-10-7-1-3-8-4-2-7/h7-9H,1-6H2. The lowest BCUT2D eigenvalue weighted by Gasteiger charge is -2.21. The number of rotatable bonds is 3. The summed E-state index contributed by atoms with van der Waals surface area (Å²) in [5, 5.41) is 12.7. The zero-order valence-corrected chi connectivity index (χ0v) is 6.99. The van der Waals surface area contributed by atoms with E-state index in [1.54, 1.807) is 0 Å². The van der Waals surface area contributed by atoms with Gasteiger partial charge in [0, 0.05) is 11.0 Å². The first kappa shape index (κ1) is 8.37. The summed E-state index contributed by atoms with van der Waals surface area (Å²) < 4.78 is 0. The summed E-state index contributed by atoms with van der Waals surface area (Å²) in [6.07, 6.45) is 2.54. The van der Waals surface area contributed by atoms with Gasteiger partial charge in [0.05, 0.1) is 6.61 Å². The van der Waals surface area contributed by atoms with Gasteiger partial charge in [-0.05, 0) is 25.9 Å². The van der Waals surface area contributed by atoms with E-state index in [-0.39, 0.29) is 0 Å². The van der Waals surface area contributed by atoms with E-state index in [1.807, 2.05) is 11.8 Å². The zero-order chi connectivity index (χ0) is 7.23. The van der Waals surface area contributed by atoms with Gasteiger partial charge in [-0.3, -0.25) is 0 Å². The van der Waals surface area contributed by atoms with Gasteiger partial charge in [-0.15, -0.1) is 0 Å². The first-order valence-electron chi connectivity index (χ1n) is 3.86. The van der Waals surface area contributed by atoms with Gasteiger partial charge in [0.15, 0.2) is 0 Å². The predicted molar refractivity (Wildman–Crippen MR) is 45.4 cm³/mol. The number of hydrogen-bond acceptors (Lipinski definition) is 3. The molecule has 0 spiro atoms. The number of piperidine rings is 1. The minimum Gasteiger partial charge on any atom is -0.396 e. The Morgan fingerprint density at radius 1 is 1.40 bits per heavy atom. The third-order valence-corrected chi connectivity index (χ3v) is 3.09. The molecule has 1 saturated heterocycles. The van der Waals surface area contributed by atoms with Gasteiger partial charge in [-0.2, -0.15) is 11.8 Å². The lowest BCUT2D eigenvalue weighted by molar-refractivity contribution is 0.322. The van der Waals surface area contributed by atoms with Crippen LogP contribution in [0.2, 0.25) is 0 Å². The molecule has 0 aromatic carbocycles. The van der Waals surface area contributed by atoms with Crippen LogP contribution in [0, 0.1) is 0 Å². The molecule has 1 rings (SSSR count). The van der Waals surface area contributed by atoms with Crippen molar-refractivity contribution < 1.29 is 5.11 Å². The minimum atomic E-state index is 0.328. The van der Waals surface area contributed by atoms with Gasteiger partial charge in [0.2, 0.25) is 0 Å². The fourth-order valence-electron chi connectivity index (χ4n) is 1.18. The molecule has 1 aliphatic rings. The van der Waals surface area contributed by atoms with Crippen LogP contribution in [0.1, 0.15) is 12.8 Å². The molecule has 0 unspecified atom stereocenters. The van der Waals surface area contributed by atoms with Crippen molar-refractivity contribution in [1.29, 1.82) is 0 Å². The van der Waals surface area contributed by atoms with Crippen molar-refractivity contribution in [1.82, 2.24) is 5.32 Å². The summed E-state index contributed by atoms with van der Waals surface area (Å²) in [6.45, 7) is 2.64. The number of nitrogens with one attached hydrogen (secondary N) is 1. The number of aliphatic hydroxyl groups is 1. The Morgan fingerprint density at radius 3 is 2.70 bits per heavy atom. The Bertz CT molecular complexity index is 83.7. The second-order valence-corrected chi connectivity index (χ2v) is 3.95. The second-order valence-electron chi connectivity index (χ2n) is 2.54. The Kier molecular flexibility index (Phi) is 4.18. The molecule has 1 fully saturated rings. The van der Waals surface area contributed by atoms with Crippen molar-refractivity contribution in [3.05, 3.63) is 0 Å². The highest BCUT2D eigenvalue weighted by molar-refractivity contribution is 7.99. The van der Waals surface area contributed by atoms with E-state index in [0.29, 0.717) is 6.61 Å². The van der Waals surface area contributed by atoms with Crippen molar-refractivity contribution in [2.75, 3.05) is 25.4 Å². The molecule has 0 saturated carbocycles. The minimum absolute atomic E-state index is 0.328. The fourth-order valence-corrected chi connectivity index (χ4v) is 2.19. The SMILES string of the molecule is OCCSC1CCNCC1. The summed E-state index contributed by atoms with van der Waals surface area (Å²) in [5.74, 6) is 0.907. The zero-order valence-electron chi connectivity index (χ0n) is 6.18. The highest BCUT2D eigenvalue weighted by atomic mass is 32.2. The van der Waals surface area contributed by atoms with Gasteiger partial charge >= 0.3 is 0 Å². The highest BCUT2D eigenvalue weighted by Crippen LogP contribution is 2.18. The lowest BCUT2D eigenvalue weighted by atomic mass is 10.2. The molecular formula is C7H15NOS. The third-order valence-electron chi connectivity index (χ3n) is 1.73. The van der Waals surface area contributed by atoms with E-state index in [0.717, 1.165) is 24.1 Å². The molecule has 2 N–H and O–H groups in total. The normalized spacial score (nSPS) is 21.3. The maximum absolute atomic E-state index is 8.56. The van der Waals surface area contributed by atoms with Crippen LogP contribution in [0.3, 0.4) is 0 Å². The Hall–Kier alpha value is 0.270. The van der Waals surface area contributed by atoms with E-state index >= 15 is 0 Å². The van der Waals surface area contributed by atoms with Crippen molar-refractivity contribution >= 4 is 11.8 Å². The third kappa shape index (κ3) is 2.90. The monoisotopic (exact) mass is 161 g/mol. The topological polar surface area (TPSA) is 32.3 Å². The molecule has 1 aliphatic heterocycles. The quantitative estimate of drug-likeness (QED) is 0.631. The molecule has 0 aromatic rings. The van der Waals surface area contributed by atoms with Crippen LogP contribution in [-0.4, -0.2) is 35.8 Å². The van der Waals surface area contributed by atoms with E-state index in [2.05, 4.69) is 5.32 Å². The molecular weight excluding hydrogens is 146 g/mol. The van der Waals surface area contributed by atoms with Gasteiger partial charge < -0.3 is 10.4 Å². The number of aliphatic hydroxyl groups excluding tert-OH is 1. The van der Waals surface area contributed by atoms with Gasteiger partial charge in [-0.1, -0.05) is 0 Å². The average Bonchev–Trinajstić information content (AvgIpc) is 2.03. The van der Waals surface area contributed by atoms with Crippen molar-refractivity contribution in [3.63, 3.8) is 0 Å². The Morgan fingerprint density at radius 2 is 2.10 bits per heavy atom. The summed E-state index contributed by atoms with van der Waals surface area (Å²) in [7, 11) is 0. The molecule has 2 nitrogen and oxygen atoms in total. The first-order chi connectivity index (χ1) is 4.93.